The Labute approximate surface area is 186 Å². The molecule has 0 radical (unpaired) electrons. The summed E-state index contributed by atoms with van der Waals surface area (Å²) < 4.78 is 36.8. The molecule has 32 heavy (non-hydrogen) atoms. The number of rotatable bonds is 3. The zero-order valence-corrected chi connectivity index (χ0v) is 19.0. The van der Waals surface area contributed by atoms with Crippen LogP contribution in [0.15, 0.2) is 24.3 Å². The fourth-order valence-corrected chi connectivity index (χ4v) is 6.74. The summed E-state index contributed by atoms with van der Waals surface area (Å²) in [6, 6.07) is 8.13. The van der Waals surface area contributed by atoms with Gasteiger partial charge in [0.25, 0.3) is 0 Å². The number of nitrogens with one attached hydrogen (secondary N) is 1. The summed E-state index contributed by atoms with van der Waals surface area (Å²) in [5.41, 5.74) is 3.45. The molecule has 6 rings (SSSR count). The Bertz CT molecular complexity index is 1330. The topological polar surface area (TPSA) is 97.4 Å². The second-order valence-corrected chi connectivity index (χ2v) is 11.4. The monoisotopic (exact) mass is 454 g/mol. The highest BCUT2D eigenvalue weighted by molar-refractivity contribution is 7.91. The van der Waals surface area contributed by atoms with Gasteiger partial charge in [-0.25, -0.2) is 18.4 Å². The Morgan fingerprint density at radius 3 is 2.81 bits per heavy atom. The molecule has 1 aliphatic carbocycles. The van der Waals surface area contributed by atoms with Crippen molar-refractivity contribution in [3.63, 3.8) is 0 Å². The molecule has 2 fully saturated rings. The maximum Gasteiger partial charge on any atom is 0.185 e. The molecule has 1 unspecified atom stereocenters. The molecular weight excluding hydrogens is 428 g/mol. The number of benzene rings is 1. The highest BCUT2D eigenvalue weighted by Crippen LogP contribution is 2.53. The number of sulfone groups is 1. The van der Waals surface area contributed by atoms with E-state index in [2.05, 4.69) is 16.0 Å². The fourth-order valence-electron chi connectivity index (χ4n) is 5.22. The van der Waals surface area contributed by atoms with E-state index in [-0.39, 0.29) is 6.04 Å². The predicted octanol–water partition coefficient (Wildman–Crippen LogP) is 2.95. The molecule has 0 amide bonds. The summed E-state index contributed by atoms with van der Waals surface area (Å²) in [7, 11) is -3.40. The summed E-state index contributed by atoms with van der Waals surface area (Å²) in [6.45, 7) is 4.32. The van der Waals surface area contributed by atoms with Gasteiger partial charge in [0.1, 0.15) is 17.0 Å². The van der Waals surface area contributed by atoms with Crippen LogP contribution >= 0.6 is 0 Å². The van der Waals surface area contributed by atoms with Gasteiger partial charge in [-0.05, 0) is 38.3 Å². The minimum absolute atomic E-state index is 0.0627. The fraction of sp³-hybridized carbons (Fsp3) is 0.478. The van der Waals surface area contributed by atoms with Crippen LogP contribution in [0.5, 0.6) is 5.75 Å². The van der Waals surface area contributed by atoms with E-state index in [9.17, 15) is 8.42 Å². The molecule has 2 aromatic heterocycles. The molecule has 9 heteroatoms. The van der Waals surface area contributed by atoms with Gasteiger partial charge in [0.05, 0.1) is 19.3 Å². The lowest BCUT2D eigenvalue weighted by Crippen LogP contribution is -2.52. The van der Waals surface area contributed by atoms with Crippen molar-refractivity contribution in [1.29, 1.82) is 0 Å². The average Bonchev–Trinajstić information content (AvgIpc) is 3.11. The molecule has 8 nitrogen and oxygen atoms in total. The molecule has 3 aromatic rings. The molecule has 1 aromatic carbocycles. The van der Waals surface area contributed by atoms with Crippen molar-refractivity contribution >= 4 is 26.6 Å². The average molecular weight is 455 g/mol. The van der Waals surface area contributed by atoms with Crippen LogP contribution in [-0.2, 0) is 19.3 Å². The zero-order valence-electron chi connectivity index (χ0n) is 18.2. The summed E-state index contributed by atoms with van der Waals surface area (Å²) in [6.07, 6.45) is 3.28. The van der Waals surface area contributed by atoms with Crippen LogP contribution in [0.4, 0.5) is 5.82 Å². The maximum absolute atomic E-state index is 13.0. The summed E-state index contributed by atoms with van der Waals surface area (Å²) >= 11 is 0. The van der Waals surface area contributed by atoms with Gasteiger partial charge in [0.2, 0.25) is 0 Å². The first-order valence-corrected chi connectivity index (χ1v) is 12.9. The van der Waals surface area contributed by atoms with Crippen LogP contribution in [0.25, 0.3) is 22.3 Å². The number of nitrogens with zero attached hydrogens (tertiary/aromatic N) is 3. The molecule has 4 heterocycles. The molecule has 168 valence electrons. The maximum atomic E-state index is 13.0. The number of hydrogen-bond acceptors (Lipinski definition) is 7. The lowest BCUT2D eigenvalue weighted by atomic mass is 9.80. The number of morpholine rings is 1. The number of aromatic nitrogens is 3. The molecule has 1 saturated carbocycles. The molecule has 0 bridgehead atoms. The van der Waals surface area contributed by atoms with E-state index >= 15 is 0 Å². The molecule has 2 aliphatic heterocycles. The molecule has 1 atom stereocenters. The smallest absolute Gasteiger partial charge is 0.185 e. The third-order valence-electron chi connectivity index (χ3n) is 7.11. The van der Waals surface area contributed by atoms with Gasteiger partial charge in [-0.15, -0.1) is 0 Å². The van der Waals surface area contributed by atoms with E-state index in [0.717, 1.165) is 28.6 Å². The van der Waals surface area contributed by atoms with Crippen molar-refractivity contribution in [1.82, 2.24) is 15.0 Å². The van der Waals surface area contributed by atoms with Crippen molar-refractivity contribution in [3.05, 3.63) is 35.7 Å². The Morgan fingerprint density at radius 2 is 2.06 bits per heavy atom. The number of aryl methyl sites for hydroxylation is 1. The lowest BCUT2D eigenvalue weighted by Gasteiger charge is -2.44. The zero-order chi connectivity index (χ0) is 22.1. The number of fused-ring (bicyclic) bond motifs is 4. The normalized spacial score (nSPS) is 22.1. The summed E-state index contributed by atoms with van der Waals surface area (Å²) in [4.78, 5) is 15.5. The molecule has 1 N–H and O–H groups in total. The third-order valence-corrected chi connectivity index (χ3v) is 9.13. The van der Waals surface area contributed by atoms with Gasteiger partial charge in [0.15, 0.2) is 27.2 Å². The van der Waals surface area contributed by atoms with Crippen LogP contribution in [0.2, 0.25) is 0 Å². The number of anilines is 1. The van der Waals surface area contributed by atoms with E-state index < -0.39 is 14.6 Å². The standard InChI is InChI=1S/C23H26N4O4S/c1-14-11-17-16(5-3-6-18(17)24-14)21-25-20(23(7-4-8-23)32(2,28)29)19-22(26-21)27-9-10-30-12-15(27)13-31-19/h3,5-6,11,15,24H,4,7-10,12-13H2,1-2H3. The third kappa shape index (κ3) is 2.80. The van der Waals surface area contributed by atoms with Crippen molar-refractivity contribution in [3.8, 4) is 17.1 Å². The van der Waals surface area contributed by atoms with Crippen molar-refractivity contribution < 1.29 is 17.9 Å². The lowest BCUT2D eigenvalue weighted by molar-refractivity contribution is 0.0688. The van der Waals surface area contributed by atoms with Crippen LogP contribution in [-0.4, -0.2) is 62.0 Å². The largest absolute Gasteiger partial charge is 0.486 e. The van der Waals surface area contributed by atoms with E-state index in [1.165, 1.54) is 6.26 Å². The number of hydrogen-bond donors (Lipinski definition) is 1. The van der Waals surface area contributed by atoms with Gasteiger partial charge in [0, 0.05) is 35.0 Å². The van der Waals surface area contributed by atoms with Crippen LogP contribution in [0, 0.1) is 6.92 Å². The Balaban J connectivity index is 1.63. The molecule has 3 aliphatic rings. The number of aromatic amines is 1. The second-order valence-electron chi connectivity index (χ2n) is 9.12. The van der Waals surface area contributed by atoms with Crippen molar-refractivity contribution in [2.45, 2.75) is 37.0 Å². The van der Waals surface area contributed by atoms with Gasteiger partial charge >= 0.3 is 0 Å². The molecule has 0 spiro atoms. The summed E-state index contributed by atoms with van der Waals surface area (Å²) in [5, 5.41) is 1.02. The summed E-state index contributed by atoms with van der Waals surface area (Å²) in [5.74, 6) is 1.74. The minimum atomic E-state index is -3.40. The first-order valence-electron chi connectivity index (χ1n) is 11.1. The van der Waals surface area contributed by atoms with Crippen LogP contribution in [0.1, 0.15) is 30.7 Å². The van der Waals surface area contributed by atoms with E-state index in [0.29, 0.717) is 62.3 Å². The van der Waals surface area contributed by atoms with Gasteiger partial charge in [-0.2, -0.15) is 0 Å². The van der Waals surface area contributed by atoms with Crippen molar-refractivity contribution in [2.24, 2.45) is 0 Å². The van der Waals surface area contributed by atoms with Gasteiger partial charge < -0.3 is 19.4 Å². The van der Waals surface area contributed by atoms with E-state index in [4.69, 9.17) is 19.4 Å². The second kappa shape index (κ2) is 6.92. The SMILES string of the molecule is Cc1cc2c(-c3nc4c(c(C5(S(C)(=O)=O)CCC5)n3)OCC3COCCN43)cccc2[nH]1. The molecular formula is C23H26N4O4S. The quantitative estimate of drug-likeness (QED) is 0.650. The highest BCUT2D eigenvalue weighted by atomic mass is 32.2. The van der Waals surface area contributed by atoms with E-state index in [1.807, 2.05) is 25.1 Å². The van der Waals surface area contributed by atoms with Crippen LogP contribution in [0.3, 0.4) is 0 Å². The van der Waals surface area contributed by atoms with Crippen molar-refractivity contribution in [2.75, 3.05) is 37.5 Å². The first-order chi connectivity index (χ1) is 15.4. The Hall–Kier alpha value is -2.65. The first kappa shape index (κ1) is 20.0. The number of H-pyrrole nitrogens is 1. The highest BCUT2D eigenvalue weighted by Gasteiger charge is 2.53. The van der Waals surface area contributed by atoms with E-state index in [1.54, 1.807) is 0 Å². The minimum Gasteiger partial charge on any atom is -0.486 e. The van der Waals surface area contributed by atoms with Gasteiger partial charge in [-0.3, -0.25) is 0 Å². The Kier molecular flexibility index (Phi) is 4.32. The van der Waals surface area contributed by atoms with Gasteiger partial charge in [-0.1, -0.05) is 12.1 Å². The molecule has 1 saturated heterocycles. The Morgan fingerprint density at radius 1 is 1.22 bits per heavy atom. The predicted molar refractivity (Wildman–Crippen MR) is 122 cm³/mol. The van der Waals surface area contributed by atoms with Crippen LogP contribution < -0.4 is 9.64 Å². The number of ether oxygens (including phenoxy) is 2.